The second kappa shape index (κ2) is 5.70. The standard InChI is InChI=1S/C6H11F2NO3/c1-12-6(11)9(2-3-10)4-5(7)8/h5,10H,2-4H2,1H3. The van der Waals surface area contributed by atoms with Gasteiger partial charge in [-0.1, -0.05) is 0 Å². The van der Waals surface area contributed by atoms with Crippen LogP contribution in [0.4, 0.5) is 13.6 Å². The molecule has 0 unspecified atom stereocenters. The fourth-order valence-corrected chi connectivity index (χ4v) is 0.674. The normalized spacial score (nSPS) is 10.1. The van der Waals surface area contributed by atoms with E-state index in [2.05, 4.69) is 4.74 Å². The van der Waals surface area contributed by atoms with Gasteiger partial charge < -0.3 is 14.7 Å². The van der Waals surface area contributed by atoms with Crippen LogP contribution in [0, 0.1) is 0 Å². The summed E-state index contributed by atoms with van der Waals surface area (Å²) in [6.45, 7) is -1.22. The molecular weight excluding hydrogens is 172 g/mol. The van der Waals surface area contributed by atoms with Crippen molar-refractivity contribution in [1.82, 2.24) is 4.90 Å². The number of aliphatic hydroxyl groups is 1. The minimum Gasteiger partial charge on any atom is -0.453 e. The summed E-state index contributed by atoms with van der Waals surface area (Å²) >= 11 is 0. The number of hydrogen-bond donors (Lipinski definition) is 1. The molecule has 0 atom stereocenters. The van der Waals surface area contributed by atoms with Gasteiger partial charge in [-0.25, -0.2) is 13.6 Å². The Labute approximate surface area is 68.7 Å². The summed E-state index contributed by atoms with van der Waals surface area (Å²) in [4.78, 5) is 11.4. The van der Waals surface area contributed by atoms with Gasteiger partial charge in [-0.3, -0.25) is 0 Å². The first-order valence-corrected chi connectivity index (χ1v) is 3.33. The molecule has 0 heterocycles. The number of nitrogens with zero attached hydrogens (tertiary/aromatic N) is 1. The van der Waals surface area contributed by atoms with Crippen LogP contribution in [0.3, 0.4) is 0 Å². The van der Waals surface area contributed by atoms with Gasteiger partial charge in [0.25, 0.3) is 6.43 Å². The first-order chi connectivity index (χ1) is 5.61. The first kappa shape index (κ1) is 11.1. The van der Waals surface area contributed by atoms with E-state index in [9.17, 15) is 13.6 Å². The summed E-state index contributed by atoms with van der Waals surface area (Å²) in [5.74, 6) is 0. The van der Waals surface area contributed by atoms with E-state index in [0.29, 0.717) is 0 Å². The third kappa shape index (κ3) is 4.07. The van der Waals surface area contributed by atoms with Gasteiger partial charge in [0.15, 0.2) is 0 Å². The monoisotopic (exact) mass is 183 g/mol. The smallest absolute Gasteiger partial charge is 0.409 e. The van der Waals surface area contributed by atoms with Gasteiger partial charge in [0, 0.05) is 6.54 Å². The Kier molecular flexibility index (Phi) is 5.27. The third-order valence-electron chi connectivity index (χ3n) is 1.16. The van der Waals surface area contributed by atoms with Crippen molar-refractivity contribution in [2.24, 2.45) is 0 Å². The summed E-state index contributed by atoms with van der Waals surface area (Å²) in [5.41, 5.74) is 0. The molecule has 0 saturated carbocycles. The molecule has 1 amide bonds. The highest BCUT2D eigenvalue weighted by atomic mass is 19.3. The lowest BCUT2D eigenvalue weighted by molar-refractivity contribution is 0.0636. The molecular formula is C6H11F2NO3. The minimum absolute atomic E-state index is 0.142. The van der Waals surface area contributed by atoms with Gasteiger partial charge >= 0.3 is 6.09 Å². The van der Waals surface area contributed by atoms with Crippen LogP contribution in [-0.2, 0) is 4.74 Å². The van der Waals surface area contributed by atoms with E-state index in [1.54, 1.807) is 0 Å². The molecule has 72 valence electrons. The molecule has 0 aliphatic carbocycles. The van der Waals surface area contributed by atoms with E-state index in [1.165, 1.54) is 0 Å². The summed E-state index contributed by atoms with van der Waals surface area (Å²) < 4.78 is 27.8. The predicted octanol–water partition coefficient (Wildman–Crippen LogP) is 0.312. The van der Waals surface area contributed by atoms with E-state index >= 15 is 0 Å². The Hall–Kier alpha value is -0.910. The summed E-state index contributed by atoms with van der Waals surface area (Å²) in [6.07, 6.45) is -3.47. The lowest BCUT2D eigenvalue weighted by Crippen LogP contribution is -2.37. The summed E-state index contributed by atoms with van der Waals surface area (Å²) in [7, 11) is 1.10. The second-order valence-corrected chi connectivity index (χ2v) is 2.03. The fourth-order valence-electron chi connectivity index (χ4n) is 0.674. The van der Waals surface area contributed by atoms with Crippen molar-refractivity contribution < 1.29 is 23.4 Å². The number of rotatable bonds is 4. The van der Waals surface area contributed by atoms with Crippen molar-refractivity contribution in [2.45, 2.75) is 6.43 Å². The zero-order chi connectivity index (χ0) is 9.56. The van der Waals surface area contributed by atoms with Gasteiger partial charge in [-0.05, 0) is 0 Å². The summed E-state index contributed by atoms with van der Waals surface area (Å²) in [6, 6.07) is 0. The number of aliphatic hydroxyl groups excluding tert-OH is 1. The SMILES string of the molecule is COC(=O)N(CCO)CC(F)F. The van der Waals surface area contributed by atoms with Crippen LogP contribution in [0.5, 0.6) is 0 Å². The molecule has 0 aromatic heterocycles. The van der Waals surface area contributed by atoms with Crippen LogP contribution >= 0.6 is 0 Å². The molecule has 12 heavy (non-hydrogen) atoms. The molecule has 0 rings (SSSR count). The highest BCUT2D eigenvalue weighted by molar-refractivity contribution is 5.67. The molecule has 0 bridgehead atoms. The van der Waals surface area contributed by atoms with Gasteiger partial charge in [0.05, 0.1) is 20.3 Å². The van der Waals surface area contributed by atoms with Crippen LogP contribution < -0.4 is 0 Å². The number of hydrogen-bond acceptors (Lipinski definition) is 3. The third-order valence-corrected chi connectivity index (χ3v) is 1.16. The molecule has 0 aromatic carbocycles. The van der Waals surface area contributed by atoms with E-state index in [0.717, 1.165) is 12.0 Å². The second-order valence-electron chi connectivity index (χ2n) is 2.03. The Balaban J connectivity index is 3.94. The highest BCUT2D eigenvalue weighted by Gasteiger charge is 2.17. The molecule has 0 aliphatic rings. The molecule has 0 aliphatic heterocycles. The van der Waals surface area contributed by atoms with Crippen molar-refractivity contribution in [3.63, 3.8) is 0 Å². The van der Waals surface area contributed by atoms with Crippen LogP contribution in [-0.4, -0.2) is 49.3 Å². The number of halogens is 2. The molecule has 0 aromatic rings. The topological polar surface area (TPSA) is 49.8 Å². The van der Waals surface area contributed by atoms with E-state index in [4.69, 9.17) is 5.11 Å². The average molecular weight is 183 g/mol. The number of carbonyl (C=O) groups is 1. The maximum Gasteiger partial charge on any atom is 0.409 e. The van der Waals surface area contributed by atoms with Crippen LogP contribution in [0.15, 0.2) is 0 Å². The largest absolute Gasteiger partial charge is 0.453 e. The van der Waals surface area contributed by atoms with Gasteiger partial charge in [-0.2, -0.15) is 0 Å². The number of amides is 1. The Morgan fingerprint density at radius 3 is 2.58 bits per heavy atom. The van der Waals surface area contributed by atoms with E-state index in [-0.39, 0.29) is 13.2 Å². The van der Waals surface area contributed by atoms with E-state index in [1.807, 2.05) is 0 Å². The fraction of sp³-hybridized carbons (Fsp3) is 0.833. The molecule has 0 fully saturated rings. The number of carbonyl (C=O) groups excluding carboxylic acids is 1. The first-order valence-electron chi connectivity index (χ1n) is 3.33. The Bertz CT molecular complexity index is 143. The Morgan fingerprint density at radius 1 is 1.67 bits per heavy atom. The Morgan fingerprint density at radius 2 is 2.25 bits per heavy atom. The van der Waals surface area contributed by atoms with Crippen molar-refractivity contribution >= 4 is 6.09 Å². The molecule has 0 saturated heterocycles. The lowest BCUT2D eigenvalue weighted by Gasteiger charge is -2.18. The lowest BCUT2D eigenvalue weighted by atomic mass is 10.5. The van der Waals surface area contributed by atoms with Gasteiger partial charge in [0.2, 0.25) is 0 Å². The summed E-state index contributed by atoms with van der Waals surface area (Å²) in [5, 5.41) is 8.40. The molecule has 4 nitrogen and oxygen atoms in total. The molecule has 6 heteroatoms. The highest BCUT2D eigenvalue weighted by Crippen LogP contribution is 1.99. The van der Waals surface area contributed by atoms with E-state index < -0.39 is 19.1 Å². The number of ether oxygens (including phenoxy) is 1. The molecule has 0 spiro atoms. The van der Waals surface area contributed by atoms with Crippen molar-refractivity contribution in [1.29, 1.82) is 0 Å². The van der Waals surface area contributed by atoms with Crippen molar-refractivity contribution in [3.05, 3.63) is 0 Å². The van der Waals surface area contributed by atoms with Crippen molar-refractivity contribution in [3.8, 4) is 0 Å². The van der Waals surface area contributed by atoms with Gasteiger partial charge in [-0.15, -0.1) is 0 Å². The number of alkyl halides is 2. The van der Waals surface area contributed by atoms with Crippen LogP contribution in [0.25, 0.3) is 0 Å². The number of methoxy groups -OCH3 is 1. The van der Waals surface area contributed by atoms with Crippen LogP contribution in [0.2, 0.25) is 0 Å². The quantitative estimate of drug-likeness (QED) is 0.682. The zero-order valence-electron chi connectivity index (χ0n) is 6.67. The van der Waals surface area contributed by atoms with Gasteiger partial charge in [0.1, 0.15) is 0 Å². The maximum absolute atomic E-state index is 11.8. The van der Waals surface area contributed by atoms with Crippen molar-refractivity contribution in [2.75, 3.05) is 26.8 Å². The van der Waals surface area contributed by atoms with Crippen LogP contribution in [0.1, 0.15) is 0 Å². The zero-order valence-corrected chi connectivity index (χ0v) is 6.67. The minimum atomic E-state index is -2.62. The maximum atomic E-state index is 11.8. The average Bonchev–Trinajstić information content (AvgIpc) is 2.01. The molecule has 0 radical (unpaired) electrons. The predicted molar refractivity (Wildman–Crippen MR) is 37.1 cm³/mol. The molecule has 1 N–H and O–H groups in total.